The van der Waals surface area contributed by atoms with Gasteiger partial charge in [-0.3, -0.25) is 0 Å². The third kappa shape index (κ3) is 4.65. The number of benzene rings is 1. The monoisotopic (exact) mass is 272 g/mol. The normalized spacial score (nSPS) is 18.1. The fourth-order valence-electron chi connectivity index (χ4n) is 3.65. The van der Waals surface area contributed by atoms with Gasteiger partial charge in [-0.25, -0.2) is 0 Å². The second-order valence-electron chi connectivity index (χ2n) is 6.74. The molecule has 1 aromatic rings. The summed E-state index contributed by atoms with van der Waals surface area (Å²) in [6.45, 7) is 4.72. The van der Waals surface area contributed by atoms with Gasteiger partial charge in [-0.2, -0.15) is 0 Å². The Labute approximate surface area is 126 Å². The summed E-state index contributed by atoms with van der Waals surface area (Å²) < 4.78 is 0. The van der Waals surface area contributed by atoms with Crippen molar-refractivity contribution in [1.29, 1.82) is 0 Å². The Kier molecular flexibility index (Phi) is 6.63. The predicted octanol–water partition coefficient (Wildman–Crippen LogP) is 6.49. The van der Waals surface area contributed by atoms with E-state index >= 15 is 0 Å². The van der Waals surface area contributed by atoms with Crippen LogP contribution in [0, 0.1) is 5.92 Å². The lowest BCUT2D eigenvalue weighted by Crippen LogP contribution is -2.13. The highest BCUT2D eigenvalue weighted by molar-refractivity contribution is 5.25. The van der Waals surface area contributed by atoms with Crippen molar-refractivity contribution in [3.8, 4) is 0 Å². The lowest BCUT2D eigenvalue weighted by molar-refractivity contribution is 0.316. The van der Waals surface area contributed by atoms with Crippen molar-refractivity contribution in [3.63, 3.8) is 0 Å². The van der Waals surface area contributed by atoms with E-state index in [1.807, 2.05) is 0 Å². The topological polar surface area (TPSA) is 0 Å². The zero-order valence-corrected chi connectivity index (χ0v) is 13.5. The van der Waals surface area contributed by atoms with Crippen LogP contribution in [0.5, 0.6) is 0 Å². The predicted molar refractivity (Wildman–Crippen MR) is 89.3 cm³/mol. The zero-order valence-electron chi connectivity index (χ0n) is 13.5. The lowest BCUT2D eigenvalue weighted by Gasteiger charge is -2.28. The van der Waals surface area contributed by atoms with Gasteiger partial charge in [0.15, 0.2) is 0 Å². The van der Waals surface area contributed by atoms with Gasteiger partial charge in [0.2, 0.25) is 0 Å². The first-order chi connectivity index (χ1) is 9.81. The third-order valence-electron chi connectivity index (χ3n) is 5.18. The van der Waals surface area contributed by atoms with Crippen molar-refractivity contribution >= 4 is 0 Å². The molecule has 1 unspecified atom stereocenters. The van der Waals surface area contributed by atoms with E-state index in [0.29, 0.717) is 0 Å². The van der Waals surface area contributed by atoms with Crippen LogP contribution in [0.25, 0.3) is 0 Å². The molecule has 0 heterocycles. The van der Waals surface area contributed by atoms with E-state index < -0.39 is 0 Å². The maximum atomic E-state index is 2.44. The minimum Gasteiger partial charge on any atom is -0.0654 e. The average molecular weight is 272 g/mol. The first-order valence-corrected chi connectivity index (χ1v) is 8.90. The molecule has 0 heteroatoms. The molecule has 0 bridgehead atoms. The van der Waals surface area contributed by atoms with Crippen LogP contribution in [-0.2, 0) is 6.42 Å². The van der Waals surface area contributed by atoms with Crippen LogP contribution in [0.3, 0.4) is 0 Å². The number of aryl methyl sites for hydroxylation is 1. The Morgan fingerprint density at radius 1 is 0.950 bits per heavy atom. The Hall–Kier alpha value is -0.780. The SMILES string of the molecule is CCCCCCc1ccc(C(C)C2CCCCC2)cc1. The van der Waals surface area contributed by atoms with Crippen molar-refractivity contribution in [2.75, 3.05) is 0 Å². The number of hydrogen-bond acceptors (Lipinski definition) is 0. The Bertz CT molecular complexity index is 356. The van der Waals surface area contributed by atoms with E-state index in [-0.39, 0.29) is 0 Å². The van der Waals surface area contributed by atoms with Gasteiger partial charge < -0.3 is 0 Å². The van der Waals surface area contributed by atoms with E-state index in [1.54, 1.807) is 5.56 Å². The second-order valence-corrected chi connectivity index (χ2v) is 6.74. The minimum atomic E-state index is 0.754. The van der Waals surface area contributed by atoms with Gasteiger partial charge in [0.25, 0.3) is 0 Å². The largest absolute Gasteiger partial charge is 0.0654 e. The first-order valence-electron chi connectivity index (χ1n) is 8.90. The van der Waals surface area contributed by atoms with Gasteiger partial charge in [-0.15, -0.1) is 0 Å². The molecule has 0 saturated heterocycles. The van der Waals surface area contributed by atoms with Crippen molar-refractivity contribution < 1.29 is 0 Å². The van der Waals surface area contributed by atoms with Crippen LogP contribution in [0.1, 0.15) is 88.7 Å². The molecule has 20 heavy (non-hydrogen) atoms. The zero-order chi connectivity index (χ0) is 14.2. The van der Waals surface area contributed by atoms with Crippen LogP contribution in [0.4, 0.5) is 0 Å². The quantitative estimate of drug-likeness (QED) is 0.497. The molecule has 1 aliphatic rings. The van der Waals surface area contributed by atoms with Crippen LogP contribution in [0.2, 0.25) is 0 Å². The molecule has 0 aromatic heterocycles. The molecule has 0 spiro atoms. The van der Waals surface area contributed by atoms with Gasteiger partial charge in [-0.1, -0.05) is 76.6 Å². The van der Waals surface area contributed by atoms with Crippen LogP contribution in [0.15, 0.2) is 24.3 Å². The van der Waals surface area contributed by atoms with Crippen molar-refractivity contribution in [1.82, 2.24) is 0 Å². The van der Waals surface area contributed by atoms with Crippen LogP contribution >= 0.6 is 0 Å². The van der Waals surface area contributed by atoms with Gasteiger partial charge in [0, 0.05) is 0 Å². The smallest absolute Gasteiger partial charge is 0.0162 e. The third-order valence-corrected chi connectivity index (χ3v) is 5.18. The highest BCUT2D eigenvalue weighted by Crippen LogP contribution is 2.35. The molecule has 2 rings (SSSR count). The molecule has 0 N–H and O–H groups in total. The first kappa shape index (κ1) is 15.6. The second kappa shape index (κ2) is 8.49. The maximum absolute atomic E-state index is 2.44. The highest BCUT2D eigenvalue weighted by atomic mass is 14.3. The lowest BCUT2D eigenvalue weighted by atomic mass is 9.78. The molecule has 1 atom stereocenters. The summed E-state index contributed by atoms with van der Waals surface area (Å²) in [5.41, 5.74) is 3.09. The standard InChI is InChI=1S/C20H32/c1-3-4-5-7-10-18-13-15-20(16-14-18)17(2)19-11-8-6-9-12-19/h13-17,19H,3-12H2,1-2H3. The number of hydrogen-bond donors (Lipinski definition) is 0. The molecular weight excluding hydrogens is 240 g/mol. The minimum absolute atomic E-state index is 0.754. The van der Waals surface area contributed by atoms with E-state index in [1.165, 1.54) is 69.8 Å². The highest BCUT2D eigenvalue weighted by Gasteiger charge is 2.21. The van der Waals surface area contributed by atoms with Crippen LogP contribution in [-0.4, -0.2) is 0 Å². The van der Waals surface area contributed by atoms with Crippen molar-refractivity contribution in [2.24, 2.45) is 5.92 Å². The van der Waals surface area contributed by atoms with Gasteiger partial charge >= 0.3 is 0 Å². The molecule has 1 saturated carbocycles. The summed E-state index contributed by atoms with van der Waals surface area (Å²) in [5.74, 6) is 1.68. The summed E-state index contributed by atoms with van der Waals surface area (Å²) in [4.78, 5) is 0. The van der Waals surface area contributed by atoms with Gasteiger partial charge in [0.1, 0.15) is 0 Å². The number of unbranched alkanes of at least 4 members (excludes halogenated alkanes) is 3. The Balaban J connectivity index is 1.83. The Morgan fingerprint density at radius 2 is 1.65 bits per heavy atom. The van der Waals surface area contributed by atoms with E-state index in [4.69, 9.17) is 0 Å². The molecule has 0 amide bonds. The fraction of sp³-hybridized carbons (Fsp3) is 0.700. The summed E-state index contributed by atoms with van der Waals surface area (Å²) in [7, 11) is 0. The summed E-state index contributed by atoms with van der Waals surface area (Å²) in [6, 6.07) is 9.55. The molecule has 0 nitrogen and oxygen atoms in total. The maximum Gasteiger partial charge on any atom is -0.0162 e. The molecule has 1 fully saturated rings. The Morgan fingerprint density at radius 3 is 2.30 bits per heavy atom. The average Bonchev–Trinajstić information content (AvgIpc) is 2.52. The van der Waals surface area contributed by atoms with Crippen molar-refractivity contribution in [2.45, 2.75) is 84.0 Å². The molecule has 112 valence electrons. The fourth-order valence-corrected chi connectivity index (χ4v) is 3.65. The summed E-state index contributed by atoms with van der Waals surface area (Å²) >= 11 is 0. The van der Waals surface area contributed by atoms with Crippen molar-refractivity contribution in [3.05, 3.63) is 35.4 Å². The van der Waals surface area contributed by atoms with E-state index in [9.17, 15) is 0 Å². The molecule has 1 aliphatic carbocycles. The molecule has 0 aliphatic heterocycles. The van der Waals surface area contributed by atoms with E-state index in [2.05, 4.69) is 38.1 Å². The van der Waals surface area contributed by atoms with Gasteiger partial charge in [-0.05, 0) is 48.6 Å². The van der Waals surface area contributed by atoms with Crippen LogP contribution < -0.4 is 0 Å². The molecule has 0 radical (unpaired) electrons. The molecular formula is C20H32. The number of rotatable bonds is 7. The summed E-state index contributed by atoms with van der Waals surface area (Å²) in [5, 5.41) is 0. The van der Waals surface area contributed by atoms with E-state index in [0.717, 1.165) is 11.8 Å². The summed E-state index contributed by atoms with van der Waals surface area (Å²) in [6.07, 6.45) is 14.0. The van der Waals surface area contributed by atoms with Gasteiger partial charge in [0.05, 0.1) is 0 Å². The molecule has 1 aromatic carbocycles.